The van der Waals surface area contributed by atoms with Crippen LogP contribution >= 0.6 is 0 Å². The lowest BCUT2D eigenvalue weighted by Gasteiger charge is -2.19. The largest absolute Gasteiger partial charge is 0.468 e. The van der Waals surface area contributed by atoms with Crippen LogP contribution in [0.5, 0.6) is 0 Å². The quantitative estimate of drug-likeness (QED) is 0.706. The Kier molecular flexibility index (Phi) is 5.64. The lowest BCUT2D eigenvalue weighted by atomic mass is 10.2. The van der Waals surface area contributed by atoms with Gasteiger partial charge in [-0.15, -0.1) is 0 Å². The van der Waals surface area contributed by atoms with Crippen molar-refractivity contribution in [3.05, 3.63) is 28.7 Å². The summed E-state index contributed by atoms with van der Waals surface area (Å²) in [7, 11) is -2.84. The number of nitrogens with zero attached hydrogens (tertiary/aromatic N) is 1. The van der Waals surface area contributed by atoms with Crippen molar-refractivity contribution in [1.29, 1.82) is 0 Å². The SMILES string of the molecule is COC(=O)Cn1c(=O)oc2cc(NS(=O)(=O)CC(=O)OC(C)(C)C)ccc21. The highest BCUT2D eigenvalue weighted by Crippen LogP contribution is 2.20. The van der Waals surface area contributed by atoms with Crippen LogP contribution in [0.3, 0.4) is 0 Å². The number of carbonyl (C=O) groups is 2. The predicted octanol–water partition coefficient (Wildman–Crippen LogP) is 0.851. The molecular weight excluding hydrogens is 380 g/mol. The van der Waals surface area contributed by atoms with E-state index in [1.807, 2.05) is 0 Å². The normalized spacial score (nSPS) is 12.0. The second kappa shape index (κ2) is 7.43. The van der Waals surface area contributed by atoms with E-state index in [4.69, 9.17) is 9.15 Å². The van der Waals surface area contributed by atoms with Gasteiger partial charge in [-0.2, -0.15) is 0 Å². The summed E-state index contributed by atoms with van der Waals surface area (Å²) in [6.45, 7) is 4.53. The maximum absolute atomic E-state index is 12.1. The molecule has 148 valence electrons. The van der Waals surface area contributed by atoms with Crippen LogP contribution in [-0.2, 0) is 35.6 Å². The van der Waals surface area contributed by atoms with Crippen LogP contribution in [0.2, 0.25) is 0 Å². The number of ether oxygens (including phenoxy) is 2. The van der Waals surface area contributed by atoms with Gasteiger partial charge in [0.1, 0.15) is 12.1 Å². The van der Waals surface area contributed by atoms with Gasteiger partial charge in [0, 0.05) is 6.07 Å². The van der Waals surface area contributed by atoms with E-state index in [9.17, 15) is 22.8 Å². The minimum Gasteiger partial charge on any atom is -0.468 e. The second-order valence-electron chi connectivity index (χ2n) is 6.66. The first-order chi connectivity index (χ1) is 12.4. The van der Waals surface area contributed by atoms with Crippen LogP contribution in [-0.4, -0.2) is 43.4 Å². The highest BCUT2D eigenvalue weighted by Gasteiger charge is 2.23. The number of oxazole rings is 1. The van der Waals surface area contributed by atoms with Crippen molar-refractivity contribution >= 4 is 38.7 Å². The molecule has 1 heterocycles. The number of hydrogen-bond acceptors (Lipinski definition) is 8. The molecule has 1 aromatic carbocycles. The molecule has 11 heteroatoms. The smallest absolute Gasteiger partial charge is 0.420 e. The van der Waals surface area contributed by atoms with E-state index in [-0.39, 0.29) is 17.8 Å². The average molecular weight is 400 g/mol. The predicted molar refractivity (Wildman–Crippen MR) is 95.7 cm³/mol. The molecule has 0 spiro atoms. The van der Waals surface area contributed by atoms with E-state index in [0.29, 0.717) is 5.52 Å². The Balaban J connectivity index is 2.21. The molecule has 0 aliphatic heterocycles. The number of sulfonamides is 1. The third-order valence-corrected chi connectivity index (χ3v) is 4.35. The second-order valence-corrected chi connectivity index (χ2v) is 8.38. The van der Waals surface area contributed by atoms with Crippen molar-refractivity contribution in [2.75, 3.05) is 17.6 Å². The number of methoxy groups -OCH3 is 1. The van der Waals surface area contributed by atoms with Gasteiger partial charge in [-0.1, -0.05) is 0 Å². The molecule has 0 bridgehead atoms. The summed E-state index contributed by atoms with van der Waals surface area (Å²) < 4.78 is 42.0. The van der Waals surface area contributed by atoms with Crippen molar-refractivity contribution in [2.24, 2.45) is 0 Å². The van der Waals surface area contributed by atoms with Gasteiger partial charge in [-0.3, -0.25) is 18.9 Å². The molecule has 0 saturated heterocycles. The van der Waals surface area contributed by atoms with Crippen LogP contribution in [0, 0.1) is 0 Å². The summed E-state index contributed by atoms with van der Waals surface area (Å²) in [6.07, 6.45) is 0. The minimum absolute atomic E-state index is 0.0707. The van der Waals surface area contributed by atoms with Crippen LogP contribution < -0.4 is 10.5 Å². The van der Waals surface area contributed by atoms with Gasteiger partial charge in [0.25, 0.3) is 0 Å². The van der Waals surface area contributed by atoms with E-state index in [2.05, 4.69) is 9.46 Å². The van der Waals surface area contributed by atoms with Gasteiger partial charge in [-0.05, 0) is 32.9 Å². The summed E-state index contributed by atoms with van der Waals surface area (Å²) >= 11 is 0. The van der Waals surface area contributed by atoms with Crippen molar-refractivity contribution in [2.45, 2.75) is 32.9 Å². The van der Waals surface area contributed by atoms with Gasteiger partial charge in [0.2, 0.25) is 10.0 Å². The maximum atomic E-state index is 12.1. The van der Waals surface area contributed by atoms with E-state index < -0.39 is 39.1 Å². The number of rotatable bonds is 6. The Morgan fingerprint density at radius 3 is 2.48 bits per heavy atom. The molecule has 0 unspecified atom stereocenters. The first kappa shape index (κ1) is 20.5. The minimum atomic E-state index is -4.03. The van der Waals surface area contributed by atoms with Gasteiger partial charge < -0.3 is 13.9 Å². The number of nitrogens with one attached hydrogen (secondary N) is 1. The topological polar surface area (TPSA) is 134 Å². The zero-order valence-electron chi connectivity index (χ0n) is 15.3. The zero-order chi connectivity index (χ0) is 20.4. The van der Waals surface area contributed by atoms with Crippen molar-refractivity contribution in [3.8, 4) is 0 Å². The average Bonchev–Trinajstić information content (AvgIpc) is 2.79. The molecule has 0 atom stereocenters. The van der Waals surface area contributed by atoms with Gasteiger partial charge >= 0.3 is 17.7 Å². The summed E-state index contributed by atoms with van der Waals surface area (Å²) in [6, 6.07) is 4.06. The highest BCUT2D eigenvalue weighted by atomic mass is 32.2. The Labute approximate surface area is 155 Å². The first-order valence-electron chi connectivity index (χ1n) is 7.83. The summed E-state index contributed by atoms with van der Waals surface area (Å²) in [4.78, 5) is 34.9. The molecule has 1 aromatic heterocycles. The summed E-state index contributed by atoms with van der Waals surface area (Å²) in [5.41, 5.74) is -0.357. The Bertz CT molecular complexity index is 1030. The molecule has 2 rings (SSSR count). The van der Waals surface area contributed by atoms with Gasteiger partial charge in [0.15, 0.2) is 11.3 Å². The van der Waals surface area contributed by atoms with Crippen LogP contribution in [0.15, 0.2) is 27.4 Å². The standard InChI is InChI=1S/C16H20N2O8S/c1-16(2,3)26-14(20)9-27(22,23)17-10-5-6-11-12(7-10)25-15(21)18(11)8-13(19)24-4/h5-7,17H,8-9H2,1-4H3. The number of fused-ring (bicyclic) bond motifs is 1. The van der Waals surface area contributed by atoms with Crippen molar-refractivity contribution in [1.82, 2.24) is 4.57 Å². The summed E-state index contributed by atoms with van der Waals surface area (Å²) in [5, 5.41) is 0. The first-order valence-corrected chi connectivity index (χ1v) is 9.48. The molecule has 1 N–H and O–H groups in total. The van der Waals surface area contributed by atoms with E-state index >= 15 is 0 Å². The molecule has 0 amide bonds. The Morgan fingerprint density at radius 1 is 1.22 bits per heavy atom. The molecule has 10 nitrogen and oxygen atoms in total. The van der Waals surface area contributed by atoms with Crippen molar-refractivity contribution < 1.29 is 31.9 Å². The van der Waals surface area contributed by atoms with Gasteiger partial charge in [-0.25, -0.2) is 13.2 Å². The van der Waals surface area contributed by atoms with Crippen molar-refractivity contribution in [3.63, 3.8) is 0 Å². The van der Waals surface area contributed by atoms with Gasteiger partial charge in [0.05, 0.1) is 18.3 Å². The van der Waals surface area contributed by atoms with E-state index in [1.165, 1.54) is 25.3 Å². The lowest BCUT2D eigenvalue weighted by molar-refractivity contribution is -0.151. The molecule has 0 aliphatic carbocycles. The van der Waals surface area contributed by atoms with Crippen LogP contribution in [0.4, 0.5) is 5.69 Å². The number of esters is 2. The number of carbonyl (C=O) groups excluding carboxylic acids is 2. The Hall–Kier alpha value is -2.82. The number of benzene rings is 1. The lowest BCUT2D eigenvalue weighted by Crippen LogP contribution is -2.30. The number of anilines is 1. The van der Waals surface area contributed by atoms with Crippen LogP contribution in [0.25, 0.3) is 11.1 Å². The van der Waals surface area contributed by atoms with Crippen LogP contribution in [0.1, 0.15) is 20.8 Å². The maximum Gasteiger partial charge on any atom is 0.420 e. The molecule has 0 aliphatic rings. The molecule has 0 radical (unpaired) electrons. The Morgan fingerprint density at radius 2 is 1.89 bits per heavy atom. The number of aromatic nitrogens is 1. The number of hydrogen-bond donors (Lipinski definition) is 1. The molecule has 2 aromatic rings. The third kappa shape index (κ3) is 5.58. The summed E-state index contributed by atoms with van der Waals surface area (Å²) in [5.74, 6) is -3.19. The fraction of sp³-hybridized carbons (Fsp3) is 0.438. The van der Waals surface area contributed by atoms with E-state index in [1.54, 1.807) is 20.8 Å². The molecule has 0 saturated carbocycles. The monoisotopic (exact) mass is 400 g/mol. The van der Waals surface area contributed by atoms with E-state index in [0.717, 1.165) is 4.57 Å². The molecular formula is C16H20N2O8S. The fourth-order valence-electron chi connectivity index (χ4n) is 2.21. The highest BCUT2D eigenvalue weighted by molar-refractivity contribution is 7.93. The third-order valence-electron chi connectivity index (χ3n) is 3.18. The zero-order valence-corrected chi connectivity index (χ0v) is 16.1. The molecule has 0 fully saturated rings. The molecule has 27 heavy (non-hydrogen) atoms. The fourth-order valence-corrected chi connectivity index (χ4v) is 3.14.